The summed E-state index contributed by atoms with van der Waals surface area (Å²) in [6.07, 6.45) is 2.81. The molecule has 0 aliphatic carbocycles. The molecule has 1 aromatic heterocycles. The van der Waals surface area contributed by atoms with Gasteiger partial charge in [0.1, 0.15) is 4.90 Å². The first kappa shape index (κ1) is 11.7. The molecule has 1 heterocycles. The maximum absolute atomic E-state index is 11.4. The van der Waals surface area contributed by atoms with Gasteiger partial charge in [0, 0.05) is 28.7 Å². The summed E-state index contributed by atoms with van der Waals surface area (Å²) in [5.41, 5.74) is 0.375. The fourth-order valence-electron chi connectivity index (χ4n) is 1.69. The first-order valence-corrected chi connectivity index (χ1v) is 6.20. The van der Waals surface area contributed by atoms with Gasteiger partial charge < -0.3 is 0 Å². The summed E-state index contributed by atoms with van der Waals surface area (Å²) >= 11 is 0. The lowest BCUT2D eigenvalue weighted by molar-refractivity contribution is 0.101. The number of rotatable bonds is 2. The van der Waals surface area contributed by atoms with E-state index < -0.39 is 10.1 Å². The van der Waals surface area contributed by atoms with Gasteiger partial charge in [-0.25, -0.2) is 0 Å². The van der Waals surface area contributed by atoms with Crippen molar-refractivity contribution in [2.75, 3.05) is 0 Å². The largest absolute Gasteiger partial charge is 0.295 e. The van der Waals surface area contributed by atoms with E-state index in [2.05, 4.69) is 4.98 Å². The third kappa shape index (κ3) is 2.04. The minimum absolute atomic E-state index is 0.190. The molecule has 0 unspecified atom stereocenters. The van der Waals surface area contributed by atoms with Crippen molar-refractivity contribution in [3.63, 3.8) is 0 Å². The van der Waals surface area contributed by atoms with Crippen molar-refractivity contribution in [3.8, 4) is 0 Å². The molecule has 6 heteroatoms. The average molecular weight is 251 g/mol. The van der Waals surface area contributed by atoms with Crippen molar-refractivity contribution in [1.29, 1.82) is 0 Å². The molecule has 1 aromatic carbocycles. The van der Waals surface area contributed by atoms with E-state index in [9.17, 15) is 13.2 Å². The molecule has 0 saturated carbocycles. The fraction of sp³-hybridized carbons (Fsp3) is 0.0909. The molecule has 2 aromatic rings. The number of carbonyl (C=O) groups excluding carboxylic acids is 1. The van der Waals surface area contributed by atoms with Crippen molar-refractivity contribution >= 4 is 26.7 Å². The Morgan fingerprint density at radius 2 is 1.94 bits per heavy atom. The van der Waals surface area contributed by atoms with Crippen LogP contribution in [0.5, 0.6) is 0 Å². The monoisotopic (exact) mass is 251 g/mol. The van der Waals surface area contributed by atoms with E-state index >= 15 is 0 Å². The number of Topliss-reactive ketones (excluding diaryl/α,β-unsaturated/α-hetero) is 1. The minimum Gasteiger partial charge on any atom is -0.294 e. The smallest absolute Gasteiger partial charge is 0.294 e. The minimum atomic E-state index is -4.31. The highest BCUT2D eigenvalue weighted by molar-refractivity contribution is 7.86. The lowest BCUT2D eigenvalue weighted by atomic mass is 10.0. The molecule has 5 nitrogen and oxygen atoms in total. The van der Waals surface area contributed by atoms with Crippen LogP contribution in [0, 0.1) is 0 Å². The molecule has 0 radical (unpaired) electrons. The van der Waals surface area contributed by atoms with Gasteiger partial charge in [-0.2, -0.15) is 8.42 Å². The van der Waals surface area contributed by atoms with Gasteiger partial charge in [0.15, 0.2) is 5.78 Å². The SMILES string of the molecule is CC(=O)c1ccc(S(=O)(=O)O)c2ccncc12. The topological polar surface area (TPSA) is 84.3 Å². The highest BCUT2D eigenvalue weighted by Crippen LogP contribution is 2.25. The quantitative estimate of drug-likeness (QED) is 0.648. The summed E-state index contributed by atoms with van der Waals surface area (Å²) in [7, 11) is -4.31. The normalized spacial score (nSPS) is 11.6. The first-order valence-electron chi connectivity index (χ1n) is 4.76. The van der Waals surface area contributed by atoms with Gasteiger partial charge in [-0.05, 0) is 25.1 Å². The number of ketones is 1. The van der Waals surface area contributed by atoms with E-state index in [0.717, 1.165) is 0 Å². The Morgan fingerprint density at radius 1 is 1.24 bits per heavy atom. The van der Waals surface area contributed by atoms with E-state index in [1.54, 1.807) is 0 Å². The van der Waals surface area contributed by atoms with Crippen LogP contribution in [0.2, 0.25) is 0 Å². The number of carbonyl (C=O) groups is 1. The molecule has 1 N–H and O–H groups in total. The zero-order valence-corrected chi connectivity index (χ0v) is 9.73. The second-order valence-electron chi connectivity index (χ2n) is 3.56. The number of aromatic nitrogens is 1. The molecule has 0 aliphatic rings. The highest BCUT2D eigenvalue weighted by atomic mass is 32.2. The molecule has 17 heavy (non-hydrogen) atoms. The number of pyridine rings is 1. The maximum atomic E-state index is 11.4. The van der Waals surface area contributed by atoms with E-state index in [0.29, 0.717) is 10.9 Å². The zero-order chi connectivity index (χ0) is 12.6. The lowest BCUT2D eigenvalue weighted by Gasteiger charge is -2.06. The summed E-state index contributed by atoms with van der Waals surface area (Å²) in [4.78, 5) is 15.0. The molecule has 0 saturated heterocycles. The van der Waals surface area contributed by atoms with Gasteiger partial charge >= 0.3 is 0 Å². The molecule has 2 rings (SSSR count). The van der Waals surface area contributed by atoms with Crippen molar-refractivity contribution in [2.24, 2.45) is 0 Å². The Morgan fingerprint density at radius 3 is 2.53 bits per heavy atom. The maximum Gasteiger partial charge on any atom is 0.295 e. The third-order valence-corrected chi connectivity index (χ3v) is 3.35. The second-order valence-corrected chi connectivity index (χ2v) is 4.95. The Hall–Kier alpha value is -1.79. The molecule has 0 atom stereocenters. The first-order chi connectivity index (χ1) is 7.91. The van der Waals surface area contributed by atoms with E-state index in [1.165, 1.54) is 37.5 Å². The van der Waals surface area contributed by atoms with E-state index in [-0.39, 0.29) is 16.1 Å². The van der Waals surface area contributed by atoms with E-state index in [1.807, 2.05) is 0 Å². The Kier molecular flexibility index (Phi) is 2.68. The number of hydrogen-bond donors (Lipinski definition) is 1. The zero-order valence-electron chi connectivity index (χ0n) is 8.91. The second kappa shape index (κ2) is 3.90. The molecular weight excluding hydrogens is 242 g/mol. The number of nitrogens with zero attached hydrogens (tertiary/aromatic N) is 1. The van der Waals surface area contributed by atoms with Crippen LogP contribution in [-0.2, 0) is 10.1 Å². The molecular formula is C11H9NO4S. The fourth-order valence-corrected chi connectivity index (χ4v) is 2.39. The number of hydrogen-bond acceptors (Lipinski definition) is 4. The molecule has 0 amide bonds. The van der Waals surface area contributed by atoms with Gasteiger partial charge in [0.2, 0.25) is 0 Å². The van der Waals surface area contributed by atoms with Crippen LogP contribution < -0.4 is 0 Å². The van der Waals surface area contributed by atoms with Gasteiger partial charge in [-0.1, -0.05) is 0 Å². The van der Waals surface area contributed by atoms with Crippen LogP contribution in [0.15, 0.2) is 35.5 Å². The molecule has 88 valence electrons. The standard InChI is InChI=1S/C11H9NO4S/c1-7(13)8-2-3-11(17(14,15)16)9-4-5-12-6-10(8)9/h2-6H,1H3,(H,14,15,16). The van der Waals surface area contributed by atoms with Crippen LogP contribution in [0.25, 0.3) is 10.8 Å². The Bertz CT molecular complexity index is 706. The van der Waals surface area contributed by atoms with Crippen LogP contribution in [0.4, 0.5) is 0 Å². The number of benzene rings is 1. The third-order valence-electron chi connectivity index (χ3n) is 2.44. The van der Waals surface area contributed by atoms with Crippen LogP contribution in [0.3, 0.4) is 0 Å². The van der Waals surface area contributed by atoms with Gasteiger partial charge in [-0.15, -0.1) is 0 Å². The summed E-state index contributed by atoms with van der Waals surface area (Å²) in [6, 6.07) is 4.04. The Labute approximate surface area is 97.9 Å². The van der Waals surface area contributed by atoms with Crippen LogP contribution in [-0.4, -0.2) is 23.7 Å². The average Bonchev–Trinajstić information content (AvgIpc) is 2.26. The van der Waals surface area contributed by atoms with Crippen molar-refractivity contribution < 1.29 is 17.8 Å². The van der Waals surface area contributed by atoms with Gasteiger partial charge in [0.05, 0.1) is 0 Å². The van der Waals surface area contributed by atoms with Crippen LogP contribution in [0.1, 0.15) is 17.3 Å². The molecule has 0 spiro atoms. The molecule has 0 bridgehead atoms. The van der Waals surface area contributed by atoms with Gasteiger partial charge in [0.25, 0.3) is 10.1 Å². The Balaban J connectivity index is 2.95. The summed E-state index contributed by atoms with van der Waals surface area (Å²) in [5.74, 6) is -0.190. The predicted octanol–water partition coefficient (Wildman–Crippen LogP) is 1.68. The number of fused-ring (bicyclic) bond motifs is 1. The van der Waals surface area contributed by atoms with Crippen molar-refractivity contribution in [2.45, 2.75) is 11.8 Å². The lowest BCUT2D eigenvalue weighted by Crippen LogP contribution is -2.02. The van der Waals surface area contributed by atoms with Crippen molar-refractivity contribution in [3.05, 3.63) is 36.2 Å². The summed E-state index contributed by atoms with van der Waals surface area (Å²) in [5, 5.41) is 0.699. The summed E-state index contributed by atoms with van der Waals surface area (Å²) in [6.45, 7) is 1.38. The molecule has 0 fully saturated rings. The highest BCUT2D eigenvalue weighted by Gasteiger charge is 2.16. The molecule has 0 aliphatic heterocycles. The predicted molar refractivity (Wildman–Crippen MR) is 61.6 cm³/mol. The summed E-state index contributed by atoms with van der Waals surface area (Å²) < 4.78 is 31.4. The van der Waals surface area contributed by atoms with Gasteiger partial charge in [-0.3, -0.25) is 14.3 Å². The van der Waals surface area contributed by atoms with Crippen molar-refractivity contribution in [1.82, 2.24) is 4.98 Å². The van der Waals surface area contributed by atoms with E-state index in [4.69, 9.17) is 4.55 Å². The van der Waals surface area contributed by atoms with Crippen LogP contribution >= 0.6 is 0 Å².